The van der Waals surface area contributed by atoms with E-state index in [0.717, 1.165) is 12.1 Å². The van der Waals surface area contributed by atoms with Gasteiger partial charge >= 0.3 is 12.3 Å². The predicted octanol–water partition coefficient (Wildman–Crippen LogP) is 5.83. The quantitative estimate of drug-likeness (QED) is 0.588. The summed E-state index contributed by atoms with van der Waals surface area (Å²) in [6.45, 7) is 3.85. The standard InChI is InChI=1S/C20H21F6N/c1-11(2)6-13-7-12(4-5-17(13)22)18(27-3)14-8-15(10-16(21)9-14)20(25,26)19(23)24/h4-5,7-11,18-19,27H,6H2,1-3H3. The summed E-state index contributed by atoms with van der Waals surface area (Å²) in [4.78, 5) is 0. The van der Waals surface area contributed by atoms with Crippen molar-refractivity contribution in [2.24, 2.45) is 5.92 Å². The van der Waals surface area contributed by atoms with Crippen LogP contribution >= 0.6 is 0 Å². The van der Waals surface area contributed by atoms with Crippen molar-refractivity contribution in [2.75, 3.05) is 7.05 Å². The van der Waals surface area contributed by atoms with E-state index in [1.54, 1.807) is 6.07 Å². The van der Waals surface area contributed by atoms with E-state index in [0.29, 0.717) is 23.6 Å². The number of halogens is 6. The third-order valence-corrected chi connectivity index (χ3v) is 4.23. The van der Waals surface area contributed by atoms with Crippen LogP contribution in [-0.2, 0) is 12.3 Å². The molecule has 1 atom stereocenters. The average molecular weight is 389 g/mol. The van der Waals surface area contributed by atoms with Crippen LogP contribution in [0, 0.1) is 17.6 Å². The van der Waals surface area contributed by atoms with Gasteiger partial charge in [-0.15, -0.1) is 0 Å². The molecule has 0 spiro atoms. The van der Waals surface area contributed by atoms with E-state index < -0.39 is 35.6 Å². The van der Waals surface area contributed by atoms with Crippen LogP contribution in [0.5, 0.6) is 0 Å². The van der Waals surface area contributed by atoms with Gasteiger partial charge < -0.3 is 5.32 Å². The highest BCUT2D eigenvalue weighted by Gasteiger charge is 2.43. The minimum atomic E-state index is -4.47. The fourth-order valence-corrected chi connectivity index (χ4v) is 2.99. The number of rotatable bonds is 7. The van der Waals surface area contributed by atoms with Gasteiger partial charge in [-0.1, -0.05) is 26.0 Å². The number of hydrogen-bond donors (Lipinski definition) is 1. The Kier molecular flexibility index (Phi) is 6.57. The molecule has 0 aliphatic carbocycles. The van der Waals surface area contributed by atoms with Crippen LogP contribution in [-0.4, -0.2) is 13.5 Å². The lowest BCUT2D eigenvalue weighted by molar-refractivity contribution is -0.135. The summed E-state index contributed by atoms with van der Waals surface area (Å²) in [6, 6.07) is 5.77. The molecule has 0 aliphatic heterocycles. The molecule has 7 heteroatoms. The zero-order valence-electron chi connectivity index (χ0n) is 15.2. The average Bonchev–Trinajstić information content (AvgIpc) is 2.57. The summed E-state index contributed by atoms with van der Waals surface area (Å²) >= 11 is 0. The van der Waals surface area contributed by atoms with E-state index >= 15 is 0 Å². The SMILES string of the molecule is CNC(c1cc(F)cc(C(F)(F)C(F)F)c1)c1ccc(F)c(CC(C)C)c1. The molecular formula is C20H21F6N. The lowest BCUT2D eigenvalue weighted by Crippen LogP contribution is -2.25. The molecule has 27 heavy (non-hydrogen) atoms. The van der Waals surface area contributed by atoms with Gasteiger partial charge in [0.15, 0.2) is 0 Å². The number of nitrogens with one attached hydrogen (secondary N) is 1. The Bertz CT molecular complexity index is 788. The van der Waals surface area contributed by atoms with Gasteiger partial charge in [0.05, 0.1) is 6.04 Å². The summed E-state index contributed by atoms with van der Waals surface area (Å²) in [5.41, 5.74) is -0.0871. The van der Waals surface area contributed by atoms with Crippen molar-refractivity contribution >= 4 is 0 Å². The first-order valence-corrected chi connectivity index (χ1v) is 8.48. The van der Waals surface area contributed by atoms with Crippen LogP contribution in [0.25, 0.3) is 0 Å². The largest absolute Gasteiger partial charge is 0.332 e. The Labute approximate surface area is 154 Å². The highest BCUT2D eigenvalue weighted by molar-refractivity contribution is 5.38. The Balaban J connectivity index is 2.51. The first-order chi connectivity index (χ1) is 12.6. The van der Waals surface area contributed by atoms with Crippen LogP contribution in [0.1, 0.15) is 42.1 Å². The zero-order valence-corrected chi connectivity index (χ0v) is 15.2. The summed E-state index contributed by atoms with van der Waals surface area (Å²) < 4.78 is 80.6. The van der Waals surface area contributed by atoms with Crippen molar-refractivity contribution < 1.29 is 26.3 Å². The molecule has 1 nitrogen and oxygen atoms in total. The third kappa shape index (κ3) is 4.83. The molecule has 2 rings (SSSR count). The van der Waals surface area contributed by atoms with Crippen LogP contribution in [0.4, 0.5) is 26.3 Å². The van der Waals surface area contributed by atoms with Gasteiger partial charge in [-0.25, -0.2) is 17.6 Å². The lowest BCUT2D eigenvalue weighted by atomic mass is 9.92. The molecule has 0 saturated carbocycles. The van der Waals surface area contributed by atoms with Gasteiger partial charge in [-0.2, -0.15) is 8.78 Å². The molecule has 0 aromatic heterocycles. The number of benzene rings is 2. The summed E-state index contributed by atoms with van der Waals surface area (Å²) in [6.07, 6.45) is -3.49. The van der Waals surface area contributed by atoms with E-state index in [1.807, 2.05) is 13.8 Å². The maximum absolute atomic E-state index is 14.0. The molecule has 2 aromatic carbocycles. The van der Waals surface area contributed by atoms with Crippen molar-refractivity contribution in [1.29, 1.82) is 0 Å². The highest BCUT2D eigenvalue weighted by Crippen LogP contribution is 2.37. The predicted molar refractivity (Wildman–Crippen MR) is 92.1 cm³/mol. The van der Waals surface area contributed by atoms with E-state index in [9.17, 15) is 26.3 Å². The fourth-order valence-electron chi connectivity index (χ4n) is 2.99. The minimum Gasteiger partial charge on any atom is -0.309 e. The molecule has 0 bridgehead atoms. The van der Waals surface area contributed by atoms with Crippen LogP contribution < -0.4 is 5.32 Å². The fraction of sp³-hybridized carbons (Fsp3) is 0.400. The second kappa shape index (κ2) is 8.33. The van der Waals surface area contributed by atoms with E-state index in [1.165, 1.54) is 19.2 Å². The van der Waals surface area contributed by atoms with Gasteiger partial charge in [0.2, 0.25) is 0 Å². The number of alkyl halides is 4. The normalized spacial score (nSPS) is 13.4. The van der Waals surface area contributed by atoms with Crippen LogP contribution in [0.2, 0.25) is 0 Å². The zero-order chi connectivity index (χ0) is 20.4. The molecule has 0 heterocycles. The van der Waals surface area contributed by atoms with E-state index in [4.69, 9.17) is 0 Å². The molecule has 0 amide bonds. The third-order valence-electron chi connectivity index (χ3n) is 4.23. The summed E-state index contributed by atoms with van der Waals surface area (Å²) in [7, 11) is 1.52. The first-order valence-electron chi connectivity index (χ1n) is 8.48. The minimum absolute atomic E-state index is 0.0509. The molecule has 1 unspecified atom stereocenters. The molecule has 1 N–H and O–H groups in total. The smallest absolute Gasteiger partial charge is 0.309 e. The highest BCUT2D eigenvalue weighted by atomic mass is 19.3. The molecule has 2 aromatic rings. The van der Waals surface area contributed by atoms with E-state index in [-0.39, 0.29) is 11.5 Å². The first kappa shape index (κ1) is 21.3. The Morgan fingerprint density at radius 3 is 2.19 bits per heavy atom. The Morgan fingerprint density at radius 2 is 1.63 bits per heavy atom. The van der Waals surface area contributed by atoms with Gasteiger partial charge in [0.1, 0.15) is 11.6 Å². The Morgan fingerprint density at radius 1 is 0.963 bits per heavy atom. The van der Waals surface area contributed by atoms with Crippen LogP contribution in [0.3, 0.4) is 0 Å². The van der Waals surface area contributed by atoms with Gasteiger partial charge in [-0.3, -0.25) is 0 Å². The van der Waals surface area contributed by atoms with Crippen molar-refractivity contribution in [3.05, 3.63) is 70.3 Å². The summed E-state index contributed by atoms with van der Waals surface area (Å²) in [5.74, 6) is -5.73. The number of hydrogen-bond acceptors (Lipinski definition) is 1. The topological polar surface area (TPSA) is 12.0 Å². The maximum Gasteiger partial charge on any atom is 0.332 e. The molecular weight excluding hydrogens is 368 g/mol. The molecule has 0 aliphatic rings. The molecule has 148 valence electrons. The molecule has 0 fully saturated rings. The van der Waals surface area contributed by atoms with Crippen LogP contribution in [0.15, 0.2) is 36.4 Å². The monoisotopic (exact) mass is 389 g/mol. The second-order valence-corrected chi connectivity index (χ2v) is 6.87. The molecule has 0 radical (unpaired) electrons. The summed E-state index contributed by atoms with van der Waals surface area (Å²) in [5, 5.41) is 2.85. The van der Waals surface area contributed by atoms with Gasteiger partial charge in [0, 0.05) is 5.56 Å². The molecule has 0 saturated heterocycles. The maximum atomic E-state index is 14.0. The van der Waals surface area contributed by atoms with Crippen molar-refractivity contribution in [2.45, 2.75) is 38.7 Å². The van der Waals surface area contributed by atoms with Crippen molar-refractivity contribution in [1.82, 2.24) is 5.32 Å². The van der Waals surface area contributed by atoms with Crippen molar-refractivity contribution in [3.63, 3.8) is 0 Å². The second-order valence-electron chi connectivity index (χ2n) is 6.87. The lowest BCUT2D eigenvalue weighted by Gasteiger charge is -2.22. The van der Waals surface area contributed by atoms with Gasteiger partial charge in [-0.05, 0) is 60.3 Å². The van der Waals surface area contributed by atoms with E-state index in [2.05, 4.69) is 5.32 Å². The van der Waals surface area contributed by atoms with Gasteiger partial charge in [0.25, 0.3) is 0 Å². The van der Waals surface area contributed by atoms with Crippen molar-refractivity contribution in [3.8, 4) is 0 Å². The Hall–Kier alpha value is -2.02.